The van der Waals surface area contributed by atoms with Crippen LogP contribution in [0.3, 0.4) is 0 Å². The van der Waals surface area contributed by atoms with E-state index in [4.69, 9.17) is 4.74 Å². The Balaban J connectivity index is 1.93. The van der Waals surface area contributed by atoms with Gasteiger partial charge in [-0.2, -0.15) is 0 Å². The van der Waals surface area contributed by atoms with Gasteiger partial charge in [-0.15, -0.1) is 0 Å². The van der Waals surface area contributed by atoms with E-state index in [1.807, 2.05) is 42.5 Å². The summed E-state index contributed by atoms with van der Waals surface area (Å²) in [5.74, 6) is 0.955. The summed E-state index contributed by atoms with van der Waals surface area (Å²) in [6.07, 6.45) is 3.13. The second kappa shape index (κ2) is 10.3. The van der Waals surface area contributed by atoms with Gasteiger partial charge in [0.15, 0.2) is 0 Å². The molecular weight excluding hydrogens is 326 g/mol. The smallest absolute Gasteiger partial charge is 0.255 e. The molecule has 138 valence electrons. The summed E-state index contributed by atoms with van der Waals surface area (Å²) >= 11 is 0. The van der Waals surface area contributed by atoms with Crippen LogP contribution in [0.25, 0.3) is 5.57 Å². The molecule has 0 spiro atoms. The van der Waals surface area contributed by atoms with Crippen molar-refractivity contribution < 1.29 is 14.6 Å². The molecule has 4 nitrogen and oxygen atoms in total. The first-order valence-electron chi connectivity index (χ1n) is 9.03. The molecule has 0 saturated carbocycles. The number of hydrogen-bond acceptors (Lipinski definition) is 3. The molecule has 0 fully saturated rings. The van der Waals surface area contributed by atoms with Gasteiger partial charge in [0.1, 0.15) is 5.75 Å². The summed E-state index contributed by atoms with van der Waals surface area (Å²) in [4.78, 5) is 12.3. The van der Waals surface area contributed by atoms with Gasteiger partial charge in [-0.1, -0.05) is 62.7 Å². The number of aliphatic hydroxyl groups is 1. The molecule has 4 heteroatoms. The lowest BCUT2D eigenvalue weighted by molar-refractivity contribution is -0.115. The topological polar surface area (TPSA) is 58.6 Å². The molecule has 0 saturated heterocycles. The fourth-order valence-corrected chi connectivity index (χ4v) is 2.68. The number of ether oxygens (including phenoxy) is 1. The lowest BCUT2D eigenvalue weighted by atomic mass is 10.1. The Hall–Kier alpha value is -2.75. The Morgan fingerprint density at radius 1 is 1.15 bits per heavy atom. The molecule has 0 radical (unpaired) electrons. The van der Waals surface area contributed by atoms with Gasteiger partial charge in [0.25, 0.3) is 5.91 Å². The first kappa shape index (κ1) is 19.6. The largest absolute Gasteiger partial charge is 0.515 e. The van der Waals surface area contributed by atoms with Gasteiger partial charge in [-0.25, -0.2) is 0 Å². The first-order chi connectivity index (χ1) is 12.6. The average Bonchev–Trinajstić information content (AvgIpc) is 2.67. The maximum Gasteiger partial charge on any atom is 0.255 e. The van der Waals surface area contributed by atoms with Crippen molar-refractivity contribution in [3.05, 3.63) is 72.0 Å². The van der Waals surface area contributed by atoms with Crippen molar-refractivity contribution in [3.63, 3.8) is 0 Å². The molecule has 0 bridgehead atoms. The van der Waals surface area contributed by atoms with Crippen LogP contribution in [0.15, 0.2) is 60.9 Å². The highest BCUT2D eigenvalue weighted by Gasteiger charge is 2.12. The minimum absolute atomic E-state index is 0.229. The maximum absolute atomic E-state index is 12.3. The van der Waals surface area contributed by atoms with E-state index < -0.39 is 0 Å². The number of nitrogens with one attached hydrogen (secondary N) is 1. The molecule has 2 N–H and O–H groups in total. The lowest BCUT2D eigenvalue weighted by Gasteiger charge is -2.13. The minimum Gasteiger partial charge on any atom is -0.515 e. The second-order valence-corrected chi connectivity index (χ2v) is 6.44. The van der Waals surface area contributed by atoms with Gasteiger partial charge in [-0.3, -0.25) is 4.79 Å². The minimum atomic E-state index is -0.318. The summed E-state index contributed by atoms with van der Waals surface area (Å²) < 4.78 is 5.77. The Morgan fingerprint density at radius 3 is 2.46 bits per heavy atom. The zero-order valence-electron chi connectivity index (χ0n) is 15.4. The number of hydrogen-bond donors (Lipinski definition) is 2. The molecular formula is C22H27NO3. The third-order valence-corrected chi connectivity index (χ3v) is 4.15. The Morgan fingerprint density at radius 2 is 1.85 bits per heavy atom. The van der Waals surface area contributed by atoms with Gasteiger partial charge in [0.2, 0.25) is 0 Å². The van der Waals surface area contributed by atoms with Crippen molar-refractivity contribution >= 4 is 11.5 Å². The normalized spacial score (nSPS) is 12.5. The molecule has 2 aromatic carbocycles. The summed E-state index contributed by atoms with van der Waals surface area (Å²) in [5, 5.41) is 12.3. The fraction of sp³-hybridized carbons (Fsp3) is 0.318. The molecule has 1 atom stereocenters. The van der Waals surface area contributed by atoms with Crippen molar-refractivity contribution in [2.45, 2.75) is 33.2 Å². The van der Waals surface area contributed by atoms with E-state index in [9.17, 15) is 9.90 Å². The number of carbonyl (C=O) groups excluding carboxylic acids is 1. The van der Waals surface area contributed by atoms with Crippen LogP contribution in [0.5, 0.6) is 5.75 Å². The van der Waals surface area contributed by atoms with E-state index in [1.165, 1.54) is 0 Å². The van der Waals surface area contributed by atoms with Crippen LogP contribution in [0, 0.1) is 5.92 Å². The highest BCUT2D eigenvalue weighted by molar-refractivity contribution is 6.19. The van der Waals surface area contributed by atoms with Crippen LogP contribution in [0.2, 0.25) is 0 Å². The number of benzene rings is 2. The Labute approximate surface area is 155 Å². The van der Waals surface area contributed by atoms with E-state index in [-0.39, 0.29) is 11.5 Å². The lowest BCUT2D eigenvalue weighted by Crippen LogP contribution is -2.23. The molecule has 0 aliphatic rings. The standard InChI is InChI=1S/C22H27NO3/c1-3-7-17(2)16-26-20-12-10-19(11-13-20)21(15-24)22(25)23-14-18-8-5-4-6-9-18/h4-6,8-13,15,17,24H,3,7,14,16H2,1-2H3,(H,23,25). The SMILES string of the molecule is CCCC(C)COc1ccc(C(=CO)C(=O)NCc2ccccc2)cc1. The number of rotatable bonds is 9. The molecule has 1 unspecified atom stereocenters. The van der Waals surface area contributed by atoms with Gasteiger partial charge in [0.05, 0.1) is 18.4 Å². The number of amides is 1. The van der Waals surface area contributed by atoms with Crippen molar-refractivity contribution in [1.82, 2.24) is 5.32 Å². The van der Waals surface area contributed by atoms with Crippen LogP contribution < -0.4 is 10.1 Å². The average molecular weight is 353 g/mol. The summed E-state index contributed by atoms with van der Waals surface area (Å²) in [5.41, 5.74) is 1.88. The van der Waals surface area contributed by atoms with E-state index in [0.29, 0.717) is 24.6 Å². The highest BCUT2D eigenvalue weighted by atomic mass is 16.5. The molecule has 1 amide bonds. The molecule has 0 aliphatic heterocycles. The Kier molecular flexibility index (Phi) is 7.75. The zero-order valence-corrected chi connectivity index (χ0v) is 15.4. The molecule has 2 rings (SSSR count). The van der Waals surface area contributed by atoms with Crippen LogP contribution in [-0.4, -0.2) is 17.6 Å². The predicted molar refractivity (Wildman–Crippen MR) is 105 cm³/mol. The van der Waals surface area contributed by atoms with E-state index in [2.05, 4.69) is 19.2 Å². The number of aliphatic hydroxyl groups excluding tert-OH is 1. The summed E-state index contributed by atoms with van der Waals surface area (Å²) in [6.45, 7) is 5.42. The Bertz CT molecular complexity index is 708. The monoisotopic (exact) mass is 353 g/mol. The maximum atomic E-state index is 12.3. The van der Waals surface area contributed by atoms with E-state index in [0.717, 1.165) is 30.4 Å². The zero-order chi connectivity index (χ0) is 18.8. The molecule has 2 aromatic rings. The van der Waals surface area contributed by atoms with Crippen molar-refractivity contribution in [2.24, 2.45) is 5.92 Å². The highest BCUT2D eigenvalue weighted by Crippen LogP contribution is 2.20. The second-order valence-electron chi connectivity index (χ2n) is 6.44. The molecule has 0 aromatic heterocycles. The molecule has 0 aliphatic carbocycles. The van der Waals surface area contributed by atoms with E-state index in [1.54, 1.807) is 12.1 Å². The quantitative estimate of drug-likeness (QED) is 0.507. The van der Waals surface area contributed by atoms with Gasteiger partial charge in [-0.05, 0) is 35.6 Å². The predicted octanol–water partition coefficient (Wildman–Crippen LogP) is 4.72. The van der Waals surface area contributed by atoms with Crippen LogP contribution in [-0.2, 0) is 11.3 Å². The van der Waals surface area contributed by atoms with Crippen molar-refractivity contribution in [2.75, 3.05) is 6.61 Å². The van der Waals surface area contributed by atoms with Crippen molar-refractivity contribution in [1.29, 1.82) is 0 Å². The van der Waals surface area contributed by atoms with Gasteiger partial charge < -0.3 is 15.2 Å². The third kappa shape index (κ3) is 5.96. The summed E-state index contributed by atoms with van der Waals surface area (Å²) in [6, 6.07) is 16.9. The molecule has 26 heavy (non-hydrogen) atoms. The number of carbonyl (C=O) groups is 1. The summed E-state index contributed by atoms with van der Waals surface area (Å²) in [7, 11) is 0. The third-order valence-electron chi connectivity index (χ3n) is 4.15. The van der Waals surface area contributed by atoms with Crippen LogP contribution in [0.4, 0.5) is 0 Å². The van der Waals surface area contributed by atoms with Crippen LogP contribution >= 0.6 is 0 Å². The van der Waals surface area contributed by atoms with Crippen LogP contribution in [0.1, 0.15) is 37.8 Å². The van der Waals surface area contributed by atoms with E-state index >= 15 is 0 Å². The van der Waals surface area contributed by atoms with Gasteiger partial charge in [0, 0.05) is 6.54 Å². The fourth-order valence-electron chi connectivity index (χ4n) is 2.68. The first-order valence-corrected chi connectivity index (χ1v) is 9.03. The molecule has 0 heterocycles. The van der Waals surface area contributed by atoms with Gasteiger partial charge >= 0.3 is 0 Å². The van der Waals surface area contributed by atoms with Crippen molar-refractivity contribution in [3.8, 4) is 5.75 Å².